The molecule has 1 N–H and O–H groups in total. The van der Waals surface area contributed by atoms with Gasteiger partial charge in [-0.2, -0.15) is 0 Å². The molecular weight excluding hydrogens is 558 g/mol. The highest BCUT2D eigenvalue weighted by Gasteiger charge is 2.32. The molecule has 10 nitrogen and oxygen atoms in total. The van der Waals surface area contributed by atoms with Gasteiger partial charge in [0.1, 0.15) is 23.4 Å². The lowest BCUT2D eigenvalue weighted by atomic mass is 9.82. The van der Waals surface area contributed by atoms with Crippen molar-refractivity contribution >= 4 is 17.6 Å². The molecule has 5 rings (SSSR count). The van der Waals surface area contributed by atoms with Gasteiger partial charge in [0, 0.05) is 38.5 Å². The lowest BCUT2D eigenvalue weighted by molar-refractivity contribution is -0.156. The molecule has 0 saturated heterocycles. The molecule has 2 aromatic heterocycles. The summed E-state index contributed by atoms with van der Waals surface area (Å²) in [5.41, 5.74) is 3.57. The predicted molar refractivity (Wildman–Crippen MR) is 170 cm³/mol. The monoisotopic (exact) mass is 603 g/mol. The van der Waals surface area contributed by atoms with Gasteiger partial charge in [-0.05, 0) is 61.3 Å². The molecule has 0 spiro atoms. The van der Waals surface area contributed by atoms with Gasteiger partial charge in [0.05, 0.1) is 39.5 Å². The summed E-state index contributed by atoms with van der Waals surface area (Å²) in [7, 11) is 0. The van der Waals surface area contributed by atoms with Crippen molar-refractivity contribution in [3.8, 4) is 11.5 Å². The van der Waals surface area contributed by atoms with E-state index in [1.165, 1.54) is 11.1 Å². The topological polar surface area (TPSA) is 108 Å². The summed E-state index contributed by atoms with van der Waals surface area (Å²) in [6.45, 7) is 7.82. The second kappa shape index (κ2) is 17.0. The van der Waals surface area contributed by atoms with Crippen LogP contribution in [0.3, 0.4) is 0 Å². The number of rotatable bonds is 17. The first-order valence-corrected chi connectivity index (χ1v) is 16.0. The van der Waals surface area contributed by atoms with Crippen LogP contribution in [0.1, 0.15) is 43.7 Å². The summed E-state index contributed by atoms with van der Waals surface area (Å²) < 4.78 is 21.9. The first-order chi connectivity index (χ1) is 21.7. The number of hydrogen-bond acceptors (Lipinski definition) is 10. The molecule has 44 heavy (non-hydrogen) atoms. The molecule has 0 amide bonds. The van der Waals surface area contributed by atoms with Gasteiger partial charge in [0.25, 0.3) is 0 Å². The van der Waals surface area contributed by atoms with Crippen LogP contribution in [-0.4, -0.2) is 86.3 Å². The van der Waals surface area contributed by atoms with Crippen molar-refractivity contribution in [1.82, 2.24) is 15.0 Å². The molecule has 0 bridgehead atoms. The van der Waals surface area contributed by atoms with E-state index in [2.05, 4.69) is 46.4 Å². The number of esters is 1. The van der Waals surface area contributed by atoms with Gasteiger partial charge < -0.3 is 29.2 Å². The minimum atomic E-state index is -0.213. The summed E-state index contributed by atoms with van der Waals surface area (Å²) in [5, 5.41) is 3.53. The van der Waals surface area contributed by atoms with E-state index in [1.54, 1.807) is 6.20 Å². The Kier molecular flexibility index (Phi) is 12.3. The Morgan fingerprint density at radius 2 is 1.57 bits per heavy atom. The average Bonchev–Trinajstić information content (AvgIpc) is 3.26. The van der Waals surface area contributed by atoms with Crippen molar-refractivity contribution in [2.24, 2.45) is 5.92 Å². The van der Waals surface area contributed by atoms with Crippen LogP contribution in [0.2, 0.25) is 0 Å². The largest absolute Gasteiger partial charge is 0.462 e. The zero-order valence-electron chi connectivity index (χ0n) is 25.8. The maximum absolute atomic E-state index is 12.2. The Morgan fingerprint density at radius 3 is 2.25 bits per heavy atom. The van der Waals surface area contributed by atoms with E-state index < -0.39 is 0 Å². The number of pyridine rings is 1. The molecule has 2 aliphatic rings. The smallest absolute Gasteiger partial charge is 0.308 e. The van der Waals surface area contributed by atoms with E-state index in [4.69, 9.17) is 28.9 Å². The number of carbonyl (C=O) groups excluding carboxylic acids is 1. The predicted octanol–water partition coefficient (Wildman–Crippen LogP) is 4.73. The van der Waals surface area contributed by atoms with Gasteiger partial charge in [-0.1, -0.05) is 37.3 Å². The molecule has 1 aliphatic heterocycles. The van der Waals surface area contributed by atoms with Gasteiger partial charge in [-0.25, -0.2) is 9.97 Å². The van der Waals surface area contributed by atoms with Crippen LogP contribution in [0.5, 0.6) is 0 Å². The molecule has 3 aromatic rings. The van der Waals surface area contributed by atoms with Gasteiger partial charge in [-0.15, -0.1) is 0 Å². The van der Waals surface area contributed by atoms with Crippen LogP contribution < -0.4 is 10.2 Å². The Balaban J connectivity index is 1.05. The van der Waals surface area contributed by atoms with Crippen LogP contribution in [0.25, 0.3) is 11.5 Å². The Bertz CT molecular complexity index is 1280. The molecule has 0 radical (unpaired) electrons. The minimum Gasteiger partial charge on any atom is -0.462 e. The van der Waals surface area contributed by atoms with Gasteiger partial charge in [-0.3, -0.25) is 9.78 Å². The minimum absolute atomic E-state index is 0.0375. The molecular formula is C34H45N5O5. The van der Waals surface area contributed by atoms with Crippen LogP contribution in [0.15, 0.2) is 54.7 Å². The van der Waals surface area contributed by atoms with Crippen molar-refractivity contribution in [2.75, 3.05) is 69.5 Å². The maximum Gasteiger partial charge on any atom is 0.308 e. The number of carbonyl (C=O) groups is 1. The summed E-state index contributed by atoms with van der Waals surface area (Å²) >= 11 is 0. The van der Waals surface area contributed by atoms with Gasteiger partial charge >= 0.3 is 5.97 Å². The van der Waals surface area contributed by atoms with Crippen LogP contribution in [0.4, 0.5) is 11.6 Å². The van der Waals surface area contributed by atoms with E-state index in [0.29, 0.717) is 44.8 Å². The quantitative estimate of drug-likeness (QED) is 0.172. The highest BCUT2D eigenvalue weighted by Crippen LogP contribution is 2.31. The number of hydrogen-bond donors (Lipinski definition) is 1. The summed E-state index contributed by atoms with van der Waals surface area (Å²) in [6, 6.07) is 16.5. The fourth-order valence-corrected chi connectivity index (χ4v) is 5.47. The van der Waals surface area contributed by atoms with E-state index in [9.17, 15) is 4.79 Å². The third kappa shape index (κ3) is 9.70. The van der Waals surface area contributed by atoms with E-state index >= 15 is 0 Å². The highest BCUT2D eigenvalue weighted by atomic mass is 16.6. The molecule has 1 aromatic carbocycles. The number of benzene rings is 1. The highest BCUT2D eigenvalue weighted by molar-refractivity contribution is 5.69. The number of fused-ring (bicyclic) bond motifs is 1. The van der Waals surface area contributed by atoms with Crippen LogP contribution >= 0.6 is 0 Å². The number of aromatic nitrogens is 3. The Morgan fingerprint density at radius 1 is 0.886 bits per heavy atom. The fourth-order valence-electron chi connectivity index (χ4n) is 5.47. The van der Waals surface area contributed by atoms with Gasteiger partial charge in [0.15, 0.2) is 5.82 Å². The molecule has 236 valence electrons. The van der Waals surface area contributed by atoms with E-state index in [0.717, 1.165) is 75.7 Å². The zero-order valence-corrected chi connectivity index (χ0v) is 25.8. The third-order valence-corrected chi connectivity index (χ3v) is 7.96. The van der Waals surface area contributed by atoms with Crippen molar-refractivity contribution in [3.63, 3.8) is 0 Å². The second-order valence-electron chi connectivity index (χ2n) is 11.3. The zero-order chi connectivity index (χ0) is 30.4. The summed E-state index contributed by atoms with van der Waals surface area (Å²) in [6.07, 6.45) is 6.63. The Labute approximate surface area is 260 Å². The lowest BCUT2D eigenvalue weighted by Gasteiger charge is -2.35. The molecule has 1 fully saturated rings. The molecule has 0 unspecified atom stereocenters. The average molecular weight is 604 g/mol. The van der Waals surface area contributed by atoms with E-state index in [-0.39, 0.29) is 18.5 Å². The number of nitrogens with one attached hydrogen (secondary N) is 1. The number of nitrogens with zero attached hydrogens (tertiary/aromatic N) is 4. The van der Waals surface area contributed by atoms with Gasteiger partial charge in [0.2, 0.25) is 0 Å². The first kappa shape index (κ1) is 31.8. The van der Waals surface area contributed by atoms with E-state index in [1.807, 2.05) is 24.3 Å². The van der Waals surface area contributed by atoms with Crippen molar-refractivity contribution in [1.29, 1.82) is 0 Å². The number of anilines is 2. The Hall–Kier alpha value is -3.60. The molecule has 1 saturated carbocycles. The molecule has 0 atom stereocenters. The molecule has 3 heterocycles. The first-order valence-electron chi connectivity index (χ1n) is 16.0. The fraction of sp³-hybridized carbons (Fsp3) is 0.529. The third-order valence-electron chi connectivity index (χ3n) is 7.96. The molecule has 10 heteroatoms. The lowest BCUT2D eigenvalue weighted by Crippen LogP contribution is -2.37. The van der Waals surface area contributed by atoms with Crippen molar-refractivity contribution in [3.05, 3.63) is 65.9 Å². The van der Waals surface area contributed by atoms with Crippen molar-refractivity contribution in [2.45, 2.75) is 51.6 Å². The molecule has 1 aliphatic carbocycles. The standard InChI is InChI=1S/C34H45N5O5/c1-2-16-41-18-20-43-21-19-42-17-12-33(40)44-29-22-26(23-29)25-36-31-24-32(38-34(37-31)30-9-5-6-13-35-30)39-14-10-27-7-3-4-8-28(27)11-15-39/h3-9,13,24,26,29H,2,10-12,14-23,25H2,1H3,(H,36,37,38)/t26-,29+. The number of ether oxygens (including phenoxy) is 4. The van der Waals surface area contributed by atoms with Crippen LogP contribution in [0, 0.1) is 5.92 Å². The van der Waals surface area contributed by atoms with Crippen molar-refractivity contribution < 1.29 is 23.7 Å². The maximum atomic E-state index is 12.2. The van der Waals surface area contributed by atoms with Crippen LogP contribution in [-0.2, 0) is 36.6 Å². The summed E-state index contributed by atoms with van der Waals surface area (Å²) in [4.78, 5) is 28.8. The SMILES string of the molecule is CCCOCCOCCOCCC(=O)O[C@H]1C[C@@H](CNc2cc(N3CCc4ccccc4CC3)nc(-c3ccccn3)n2)C1. The summed E-state index contributed by atoms with van der Waals surface area (Å²) in [5.74, 6) is 2.50. The second-order valence-corrected chi connectivity index (χ2v) is 11.3. The normalized spacial score (nSPS) is 17.8.